The molecule has 1 saturated heterocycles. The van der Waals surface area contributed by atoms with Crippen LogP contribution in [0, 0.1) is 5.82 Å². The molecular formula is C18H17ClFN3O3S. The highest BCUT2D eigenvalue weighted by atomic mass is 35.5. The molecule has 1 aliphatic rings. The number of hydrogen-bond donors (Lipinski definition) is 1. The predicted molar refractivity (Wildman–Crippen MR) is 104 cm³/mol. The summed E-state index contributed by atoms with van der Waals surface area (Å²) < 4.78 is 15.7. The van der Waals surface area contributed by atoms with Gasteiger partial charge in [0.25, 0.3) is 0 Å². The normalized spacial score (nSPS) is 16.4. The summed E-state index contributed by atoms with van der Waals surface area (Å²) in [6, 6.07) is 2.42. The van der Waals surface area contributed by atoms with E-state index in [4.69, 9.17) is 11.6 Å². The van der Waals surface area contributed by atoms with Crippen LogP contribution in [0.15, 0.2) is 22.3 Å². The minimum absolute atomic E-state index is 0.0184. The molecule has 4 rings (SSSR count). The topological polar surface area (TPSA) is 65.3 Å². The van der Waals surface area contributed by atoms with Gasteiger partial charge in [-0.15, -0.1) is 11.3 Å². The number of likely N-dealkylation sites (N-methyl/N-ethyl adjacent to an activating group) is 1. The molecule has 0 saturated carbocycles. The van der Waals surface area contributed by atoms with E-state index in [0.29, 0.717) is 16.9 Å². The van der Waals surface area contributed by atoms with Gasteiger partial charge < -0.3 is 14.4 Å². The Hall–Kier alpha value is -2.00. The second kappa shape index (κ2) is 6.87. The zero-order valence-electron chi connectivity index (χ0n) is 14.5. The van der Waals surface area contributed by atoms with E-state index in [1.165, 1.54) is 17.4 Å². The highest BCUT2D eigenvalue weighted by Gasteiger charge is 2.23. The van der Waals surface area contributed by atoms with Crippen molar-refractivity contribution in [3.8, 4) is 0 Å². The van der Waals surface area contributed by atoms with Crippen molar-refractivity contribution in [1.82, 2.24) is 14.2 Å². The number of rotatable bonds is 3. The van der Waals surface area contributed by atoms with E-state index in [1.54, 1.807) is 4.40 Å². The van der Waals surface area contributed by atoms with E-state index in [0.717, 1.165) is 37.9 Å². The van der Waals surface area contributed by atoms with E-state index < -0.39 is 17.2 Å². The van der Waals surface area contributed by atoms with Gasteiger partial charge in [0.15, 0.2) is 0 Å². The predicted octanol–water partition coefficient (Wildman–Crippen LogP) is 2.75. The number of benzene rings is 1. The molecule has 1 fully saturated rings. The summed E-state index contributed by atoms with van der Waals surface area (Å²) in [7, 11) is 2.07. The fourth-order valence-electron chi connectivity index (χ4n) is 3.46. The van der Waals surface area contributed by atoms with Crippen LogP contribution in [0.1, 0.15) is 16.1 Å². The summed E-state index contributed by atoms with van der Waals surface area (Å²) in [5.41, 5.74) is 0.256. The lowest BCUT2D eigenvalue weighted by Crippen LogP contribution is -2.44. The Morgan fingerprint density at radius 2 is 2.00 bits per heavy atom. The number of thiazole rings is 1. The van der Waals surface area contributed by atoms with Gasteiger partial charge >= 0.3 is 5.97 Å². The Balaban J connectivity index is 1.95. The fourth-order valence-corrected chi connectivity index (χ4v) is 4.67. The van der Waals surface area contributed by atoms with Crippen LogP contribution in [0.3, 0.4) is 0 Å². The molecule has 0 radical (unpaired) electrons. The van der Waals surface area contributed by atoms with Crippen LogP contribution in [-0.4, -0.2) is 58.5 Å². The average Bonchev–Trinajstić information content (AvgIpc) is 3.02. The lowest BCUT2D eigenvalue weighted by atomic mass is 10.1. The first-order valence-electron chi connectivity index (χ1n) is 8.45. The molecule has 1 N–H and O–H groups in total. The van der Waals surface area contributed by atoms with Gasteiger partial charge in [0.1, 0.15) is 16.2 Å². The smallest absolute Gasteiger partial charge is 0.342 e. The van der Waals surface area contributed by atoms with Crippen molar-refractivity contribution >= 4 is 44.6 Å². The highest BCUT2D eigenvalue weighted by molar-refractivity contribution is 7.16. The van der Waals surface area contributed by atoms with Crippen molar-refractivity contribution in [2.45, 2.75) is 6.54 Å². The monoisotopic (exact) mass is 409 g/mol. The van der Waals surface area contributed by atoms with Gasteiger partial charge in [0, 0.05) is 43.8 Å². The Morgan fingerprint density at radius 1 is 1.30 bits per heavy atom. The zero-order valence-corrected chi connectivity index (χ0v) is 16.1. The number of aromatic nitrogens is 1. The Labute approximate surface area is 163 Å². The maximum atomic E-state index is 14.0. The third kappa shape index (κ3) is 3.12. The molecule has 0 bridgehead atoms. The lowest BCUT2D eigenvalue weighted by molar-refractivity contribution is 0.0697. The maximum absolute atomic E-state index is 14.0. The van der Waals surface area contributed by atoms with Gasteiger partial charge in [-0.3, -0.25) is 9.69 Å². The first kappa shape index (κ1) is 18.4. The zero-order chi connectivity index (χ0) is 19.3. The van der Waals surface area contributed by atoms with Gasteiger partial charge in [0.2, 0.25) is 5.43 Å². The van der Waals surface area contributed by atoms with Crippen LogP contribution in [-0.2, 0) is 6.54 Å². The number of aromatic carboxylic acids is 1. The number of pyridine rings is 1. The number of carboxylic acid groups (broad SMARTS) is 1. The van der Waals surface area contributed by atoms with Gasteiger partial charge in [-0.1, -0.05) is 11.6 Å². The van der Waals surface area contributed by atoms with Crippen LogP contribution in [0.2, 0.25) is 5.02 Å². The minimum Gasteiger partial charge on any atom is -0.477 e. The second-order valence-electron chi connectivity index (χ2n) is 6.74. The van der Waals surface area contributed by atoms with Gasteiger partial charge in [-0.05, 0) is 19.2 Å². The van der Waals surface area contributed by atoms with E-state index in [1.807, 2.05) is 5.38 Å². The van der Waals surface area contributed by atoms with Crippen LogP contribution in [0.25, 0.3) is 15.7 Å². The summed E-state index contributed by atoms with van der Waals surface area (Å²) in [5.74, 6) is -2.06. The standard InChI is InChI=1S/C18H17ClFN3O3S/c1-21-2-4-22(5-3-21)8-10-9-27-17-15(18(25)26)16(24)11-6-13(20)12(19)7-14(11)23(10)17/h6-7,9H,2-5,8H2,1H3,(H,25,26). The molecule has 142 valence electrons. The van der Waals surface area contributed by atoms with E-state index in [9.17, 15) is 19.1 Å². The molecule has 3 heterocycles. The van der Waals surface area contributed by atoms with Crippen LogP contribution in [0.5, 0.6) is 0 Å². The molecule has 0 atom stereocenters. The number of fused-ring (bicyclic) bond motifs is 3. The first-order valence-corrected chi connectivity index (χ1v) is 9.70. The molecule has 0 aliphatic carbocycles. The van der Waals surface area contributed by atoms with Crippen molar-refractivity contribution in [2.75, 3.05) is 33.2 Å². The summed E-state index contributed by atoms with van der Waals surface area (Å²) in [6.07, 6.45) is 0. The number of piperazine rings is 1. The molecule has 1 aliphatic heterocycles. The average molecular weight is 410 g/mol. The Morgan fingerprint density at radius 3 is 2.67 bits per heavy atom. The van der Waals surface area contributed by atoms with Gasteiger partial charge in [0.05, 0.1) is 15.9 Å². The van der Waals surface area contributed by atoms with Crippen molar-refractivity contribution in [3.05, 3.63) is 49.8 Å². The number of halogens is 2. The van der Waals surface area contributed by atoms with Gasteiger partial charge in [-0.2, -0.15) is 0 Å². The third-order valence-corrected chi connectivity index (χ3v) is 6.25. The Kier molecular flexibility index (Phi) is 4.67. The minimum atomic E-state index is -1.32. The molecule has 6 nitrogen and oxygen atoms in total. The lowest BCUT2D eigenvalue weighted by Gasteiger charge is -2.32. The molecule has 0 amide bonds. The SMILES string of the molecule is CN1CCN(Cc2csc3c(C(=O)O)c(=O)c4cc(F)c(Cl)cc4n23)CC1. The summed E-state index contributed by atoms with van der Waals surface area (Å²) in [6.45, 7) is 4.31. The summed E-state index contributed by atoms with van der Waals surface area (Å²) >= 11 is 7.16. The van der Waals surface area contributed by atoms with E-state index in [-0.39, 0.29) is 16.0 Å². The molecule has 2 aromatic heterocycles. The number of hydrogen-bond acceptors (Lipinski definition) is 5. The van der Waals surface area contributed by atoms with Crippen molar-refractivity contribution in [3.63, 3.8) is 0 Å². The fraction of sp³-hybridized carbons (Fsp3) is 0.333. The molecule has 0 spiro atoms. The summed E-state index contributed by atoms with van der Waals surface area (Å²) in [4.78, 5) is 29.3. The second-order valence-corrected chi connectivity index (χ2v) is 8.01. The van der Waals surface area contributed by atoms with Crippen LogP contribution < -0.4 is 5.43 Å². The van der Waals surface area contributed by atoms with Gasteiger partial charge in [-0.25, -0.2) is 9.18 Å². The van der Waals surface area contributed by atoms with Crippen LogP contribution in [0.4, 0.5) is 4.39 Å². The number of nitrogens with zero attached hydrogens (tertiary/aromatic N) is 3. The first-order chi connectivity index (χ1) is 12.9. The number of carboxylic acids is 1. The quantitative estimate of drug-likeness (QED) is 0.720. The molecule has 27 heavy (non-hydrogen) atoms. The number of carbonyl (C=O) groups is 1. The van der Waals surface area contributed by atoms with Crippen molar-refractivity contribution in [1.29, 1.82) is 0 Å². The van der Waals surface area contributed by atoms with Crippen molar-refractivity contribution in [2.24, 2.45) is 0 Å². The van der Waals surface area contributed by atoms with E-state index in [2.05, 4.69) is 16.8 Å². The third-order valence-electron chi connectivity index (χ3n) is 4.96. The molecule has 3 aromatic rings. The van der Waals surface area contributed by atoms with Crippen LogP contribution >= 0.6 is 22.9 Å². The largest absolute Gasteiger partial charge is 0.477 e. The molecular weight excluding hydrogens is 393 g/mol. The Bertz CT molecular complexity index is 1120. The summed E-state index contributed by atoms with van der Waals surface area (Å²) in [5, 5.41) is 11.3. The highest BCUT2D eigenvalue weighted by Crippen LogP contribution is 2.28. The maximum Gasteiger partial charge on any atom is 0.342 e. The molecule has 0 unspecified atom stereocenters. The van der Waals surface area contributed by atoms with E-state index >= 15 is 0 Å². The molecule has 1 aromatic carbocycles. The van der Waals surface area contributed by atoms with Crippen molar-refractivity contribution < 1.29 is 14.3 Å². The molecule has 9 heteroatoms.